The maximum atomic E-state index is 11.8. The summed E-state index contributed by atoms with van der Waals surface area (Å²) in [5.74, 6) is 0. The highest BCUT2D eigenvalue weighted by Gasteiger charge is 2.46. The first-order valence-corrected chi connectivity index (χ1v) is 5.90. The normalized spacial score (nSPS) is 22.9. The molecule has 1 aromatic rings. The van der Waals surface area contributed by atoms with Crippen molar-refractivity contribution in [1.82, 2.24) is 14.5 Å². The van der Waals surface area contributed by atoms with Crippen LogP contribution < -0.4 is 4.87 Å². The maximum absolute atomic E-state index is 11.8. The topological polar surface area (TPSA) is 54.8 Å². The van der Waals surface area contributed by atoms with Crippen molar-refractivity contribution in [3.05, 3.63) is 20.2 Å². The minimum Gasteiger partial charge on any atom is -0.314 e. The zero-order valence-corrected chi connectivity index (χ0v) is 10.1. The number of carbonyl (C=O) groups excluding carboxylic acids is 1. The molecule has 6 nitrogen and oxygen atoms in total. The number of thiol groups is 1. The summed E-state index contributed by atoms with van der Waals surface area (Å²) >= 11 is 4.85. The van der Waals surface area contributed by atoms with E-state index in [0.717, 1.165) is 10.6 Å². The van der Waals surface area contributed by atoms with Gasteiger partial charge in [0.05, 0.1) is 23.7 Å². The van der Waals surface area contributed by atoms with E-state index in [9.17, 15) is 9.59 Å². The Morgan fingerprint density at radius 3 is 2.94 bits per heavy atom. The SMILES string of the molecule is Cn1c2c(sc1=O)[C@@H]1CN(C2)C(=O)N1OS. The lowest BCUT2D eigenvalue weighted by Gasteiger charge is -2.21. The molecule has 2 bridgehead atoms. The van der Waals surface area contributed by atoms with Gasteiger partial charge >= 0.3 is 10.9 Å². The number of hydroxylamine groups is 2. The molecule has 3 heterocycles. The molecule has 0 aliphatic carbocycles. The first kappa shape index (κ1) is 10.2. The molecule has 16 heavy (non-hydrogen) atoms. The fourth-order valence-electron chi connectivity index (χ4n) is 2.17. The van der Waals surface area contributed by atoms with Gasteiger partial charge in [0.2, 0.25) is 0 Å². The van der Waals surface area contributed by atoms with Gasteiger partial charge in [-0.15, -0.1) is 0 Å². The first-order valence-electron chi connectivity index (χ1n) is 4.71. The van der Waals surface area contributed by atoms with Crippen LogP contribution in [0.4, 0.5) is 4.79 Å². The average molecular weight is 259 g/mol. The van der Waals surface area contributed by atoms with Gasteiger partial charge in [-0.2, -0.15) is 5.06 Å². The van der Waals surface area contributed by atoms with E-state index in [-0.39, 0.29) is 16.9 Å². The quantitative estimate of drug-likeness (QED) is 0.591. The molecule has 2 aliphatic rings. The zero-order valence-electron chi connectivity index (χ0n) is 8.41. The molecule has 2 aliphatic heterocycles. The fourth-order valence-corrected chi connectivity index (χ4v) is 3.41. The number of carbonyl (C=O) groups is 1. The number of amides is 2. The standard InChI is InChI=1S/C8H9N3O3S2/c1-9-4-2-10-3-5(6(4)16-8(9)13)11(14-15)7(10)12/h5,15H,2-3H2,1H3/t5-/m0/s1. The highest BCUT2D eigenvalue weighted by Crippen LogP contribution is 2.39. The second kappa shape index (κ2) is 3.25. The molecule has 2 amide bonds. The predicted molar refractivity (Wildman–Crippen MR) is 60.0 cm³/mol. The van der Waals surface area contributed by atoms with Crippen LogP contribution in [0.25, 0.3) is 0 Å². The number of rotatable bonds is 1. The third kappa shape index (κ3) is 1.12. The summed E-state index contributed by atoms with van der Waals surface area (Å²) in [6.07, 6.45) is 0. The Bertz CT molecular complexity index is 523. The summed E-state index contributed by atoms with van der Waals surface area (Å²) in [5, 5.41) is 1.21. The summed E-state index contributed by atoms with van der Waals surface area (Å²) in [6, 6.07) is -0.400. The summed E-state index contributed by atoms with van der Waals surface area (Å²) in [4.78, 5) is 25.9. The van der Waals surface area contributed by atoms with E-state index >= 15 is 0 Å². The molecule has 0 saturated carbocycles. The summed E-state index contributed by atoms with van der Waals surface area (Å²) < 4.78 is 6.37. The van der Waals surface area contributed by atoms with Crippen molar-refractivity contribution in [3.63, 3.8) is 0 Å². The Hall–Kier alpha value is -0.990. The van der Waals surface area contributed by atoms with Gasteiger partial charge in [-0.3, -0.25) is 4.79 Å². The summed E-state index contributed by atoms with van der Waals surface area (Å²) in [5.41, 5.74) is 0.896. The number of thiazole rings is 1. The molecule has 0 N–H and O–H groups in total. The molecule has 0 aromatic carbocycles. The number of hydrogen-bond acceptors (Lipinski definition) is 5. The van der Waals surface area contributed by atoms with Crippen LogP contribution in [-0.4, -0.2) is 27.1 Å². The lowest BCUT2D eigenvalue weighted by molar-refractivity contribution is -0.00268. The Morgan fingerprint density at radius 1 is 1.50 bits per heavy atom. The van der Waals surface area contributed by atoms with Crippen LogP contribution in [-0.2, 0) is 17.9 Å². The van der Waals surface area contributed by atoms with Crippen molar-refractivity contribution in [2.45, 2.75) is 12.6 Å². The van der Waals surface area contributed by atoms with Gasteiger partial charge in [-0.1, -0.05) is 11.3 Å². The van der Waals surface area contributed by atoms with E-state index in [1.165, 1.54) is 16.4 Å². The maximum Gasteiger partial charge on any atom is 0.346 e. The van der Waals surface area contributed by atoms with Crippen LogP contribution >= 0.6 is 24.2 Å². The Balaban J connectivity index is 2.16. The van der Waals surface area contributed by atoms with Crippen LogP contribution in [0.5, 0.6) is 0 Å². The van der Waals surface area contributed by atoms with E-state index in [1.54, 1.807) is 16.5 Å². The van der Waals surface area contributed by atoms with Crippen molar-refractivity contribution in [2.24, 2.45) is 7.05 Å². The molecule has 1 saturated heterocycles. The van der Waals surface area contributed by atoms with E-state index < -0.39 is 0 Å². The lowest BCUT2D eigenvalue weighted by Crippen LogP contribution is -2.30. The molecule has 3 rings (SSSR count). The Labute approximate surface area is 101 Å². The summed E-state index contributed by atoms with van der Waals surface area (Å²) in [6.45, 7) is 1.03. The highest BCUT2D eigenvalue weighted by molar-refractivity contribution is 7.75. The molecular formula is C8H9N3O3S2. The lowest BCUT2D eigenvalue weighted by atomic mass is 10.1. The molecule has 0 radical (unpaired) electrons. The van der Waals surface area contributed by atoms with Gasteiger partial charge in [0.15, 0.2) is 0 Å². The Kier molecular flexibility index (Phi) is 2.07. The predicted octanol–water partition coefficient (Wildman–Crippen LogP) is 0.516. The number of urea groups is 1. The second-order valence-electron chi connectivity index (χ2n) is 3.82. The number of fused-ring (bicyclic) bond motifs is 4. The molecular weight excluding hydrogens is 250 g/mol. The van der Waals surface area contributed by atoms with Gasteiger partial charge < -0.3 is 9.47 Å². The minimum atomic E-state index is -0.201. The highest BCUT2D eigenvalue weighted by atomic mass is 32.1. The zero-order chi connectivity index (χ0) is 11.4. The van der Waals surface area contributed by atoms with Crippen molar-refractivity contribution in [1.29, 1.82) is 0 Å². The molecule has 0 spiro atoms. The van der Waals surface area contributed by atoms with E-state index in [4.69, 9.17) is 4.28 Å². The molecule has 0 unspecified atom stereocenters. The second-order valence-corrected chi connectivity index (χ2v) is 4.98. The van der Waals surface area contributed by atoms with E-state index in [2.05, 4.69) is 12.9 Å². The van der Waals surface area contributed by atoms with Gasteiger partial charge in [0.25, 0.3) is 0 Å². The minimum absolute atomic E-state index is 0.00897. The fraction of sp³-hybridized carbons (Fsp3) is 0.500. The van der Waals surface area contributed by atoms with Gasteiger partial charge in [0.1, 0.15) is 6.04 Å². The van der Waals surface area contributed by atoms with Crippen LogP contribution in [0, 0.1) is 0 Å². The molecule has 86 valence electrons. The first-order chi connectivity index (χ1) is 7.63. The molecule has 1 aromatic heterocycles. The average Bonchev–Trinajstić information content (AvgIpc) is 2.70. The van der Waals surface area contributed by atoms with E-state index in [0.29, 0.717) is 13.1 Å². The van der Waals surface area contributed by atoms with Crippen molar-refractivity contribution in [2.75, 3.05) is 6.54 Å². The van der Waals surface area contributed by atoms with Crippen LogP contribution in [0.1, 0.15) is 16.6 Å². The van der Waals surface area contributed by atoms with E-state index in [1.807, 2.05) is 0 Å². The Morgan fingerprint density at radius 2 is 2.25 bits per heavy atom. The number of nitrogens with zero attached hydrogens (tertiary/aromatic N) is 3. The number of hydrogen-bond donors (Lipinski definition) is 1. The van der Waals surface area contributed by atoms with Crippen LogP contribution in [0.2, 0.25) is 0 Å². The summed E-state index contributed by atoms with van der Waals surface area (Å²) in [7, 11) is 1.72. The third-order valence-corrected chi connectivity index (χ3v) is 4.38. The van der Waals surface area contributed by atoms with Crippen molar-refractivity contribution < 1.29 is 9.08 Å². The van der Waals surface area contributed by atoms with Gasteiger partial charge in [-0.25, -0.2) is 9.08 Å². The van der Waals surface area contributed by atoms with Crippen molar-refractivity contribution in [3.8, 4) is 0 Å². The van der Waals surface area contributed by atoms with Gasteiger partial charge in [0, 0.05) is 20.0 Å². The third-order valence-electron chi connectivity index (χ3n) is 3.03. The molecule has 8 heteroatoms. The van der Waals surface area contributed by atoms with Crippen LogP contribution in [0.3, 0.4) is 0 Å². The monoisotopic (exact) mass is 259 g/mol. The molecule has 1 fully saturated rings. The smallest absolute Gasteiger partial charge is 0.314 e. The largest absolute Gasteiger partial charge is 0.346 e. The van der Waals surface area contributed by atoms with Gasteiger partial charge in [-0.05, 0) is 0 Å². The van der Waals surface area contributed by atoms with Crippen LogP contribution in [0.15, 0.2) is 4.79 Å². The number of aromatic nitrogens is 1. The molecule has 1 atom stereocenters. The van der Waals surface area contributed by atoms with Crippen molar-refractivity contribution >= 4 is 30.3 Å².